The van der Waals surface area contributed by atoms with Crippen molar-refractivity contribution >= 4 is 22.6 Å². The van der Waals surface area contributed by atoms with Crippen molar-refractivity contribution in [1.82, 2.24) is 0 Å². The highest BCUT2D eigenvalue weighted by Crippen LogP contribution is 2.52. The largest absolute Gasteiger partial charge is 0.319 e. The van der Waals surface area contributed by atoms with Gasteiger partial charge < -0.3 is 0 Å². The molecule has 1 aromatic carbocycles. The molecule has 0 spiro atoms. The molecule has 12 heteroatoms. The first-order chi connectivity index (χ1) is 13.2. The van der Waals surface area contributed by atoms with E-state index in [1.165, 1.54) is 12.1 Å². The number of carbonyl (C=O) groups excluding carboxylic acids is 1. The van der Waals surface area contributed by atoms with Crippen molar-refractivity contribution in [2.24, 2.45) is 5.92 Å². The molecular weight excluding hydrogens is 374 g/mol. The second kappa shape index (κ2) is 6.22. The number of ketones is 1. The number of nitro groups is 3. The number of hydrogen-bond acceptors (Lipinski definition) is 9. The molecule has 1 atom stereocenters. The maximum atomic E-state index is 12.7. The normalized spacial score (nSPS) is 17.1. The standard InChI is InChI=1S/C16H5N5O7/c17-5-7(6-18)13-10-3-8(19(23)24)1-2-9(10)14-11(20(25)26)4-12(21(27)28)16(22)15(13)14/h1-4,15H. The van der Waals surface area contributed by atoms with Crippen LogP contribution in [0.3, 0.4) is 0 Å². The van der Waals surface area contributed by atoms with E-state index >= 15 is 0 Å². The number of hydrogen-bond donors (Lipinski definition) is 0. The molecule has 0 aromatic heterocycles. The molecule has 136 valence electrons. The first-order valence-electron chi connectivity index (χ1n) is 7.35. The fourth-order valence-corrected chi connectivity index (χ4v) is 3.25. The number of nitro benzene ring substituents is 1. The number of allylic oxidation sites excluding steroid dienone is 5. The highest BCUT2D eigenvalue weighted by Gasteiger charge is 2.50. The molecule has 1 unspecified atom stereocenters. The zero-order valence-electron chi connectivity index (χ0n) is 13.5. The number of Topliss-reactive ketones (excluding diaryl/α,β-unsaturated/α-hetero) is 1. The molecule has 0 amide bonds. The Kier molecular flexibility index (Phi) is 4.02. The molecule has 0 fully saturated rings. The zero-order valence-corrected chi connectivity index (χ0v) is 13.5. The molecule has 0 radical (unpaired) electrons. The van der Waals surface area contributed by atoms with Gasteiger partial charge in [0.1, 0.15) is 17.7 Å². The van der Waals surface area contributed by atoms with Gasteiger partial charge >= 0.3 is 5.70 Å². The lowest BCUT2D eigenvalue weighted by Gasteiger charge is -2.15. The number of carbonyl (C=O) groups is 1. The van der Waals surface area contributed by atoms with Gasteiger partial charge in [-0.1, -0.05) is 0 Å². The third-order valence-corrected chi connectivity index (χ3v) is 4.32. The quantitative estimate of drug-likeness (QED) is 0.427. The lowest BCUT2D eigenvalue weighted by Crippen LogP contribution is -2.26. The SMILES string of the molecule is N#CC(C#N)=C1c2cc([N+](=O)[O-])ccc2C2=C([N+](=O)[O-])C=C([N+](=O)[O-])C(=O)C12. The van der Waals surface area contributed by atoms with Crippen molar-refractivity contribution in [3.63, 3.8) is 0 Å². The van der Waals surface area contributed by atoms with Gasteiger partial charge in [0, 0.05) is 17.7 Å². The maximum absolute atomic E-state index is 12.7. The van der Waals surface area contributed by atoms with Crippen LogP contribution in [-0.4, -0.2) is 20.6 Å². The predicted molar refractivity (Wildman–Crippen MR) is 88.7 cm³/mol. The summed E-state index contributed by atoms with van der Waals surface area (Å²) in [6.07, 6.45) is 0.515. The van der Waals surface area contributed by atoms with E-state index in [0.717, 1.165) is 18.2 Å². The van der Waals surface area contributed by atoms with Crippen LogP contribution in [0.4, 0.5) is 5.69 Å². The fourth-order valence-electron chi connectivity index (χ4n) is 3.25. The highest BCUT2D eigenvalue weighted by atomic mass is 16.6. The van der Waals surface area contributed by atoms with Crippen LogP contribution in [-0.2, 0) is 4.79 Å². The van der Waals surface area contributed by atoms with E-state index in [0.29, 0.717) is 6.08 Å². The van der Waals surface area contributed by atoms with Crippen LogP contribution in [0, 0.1) is 58.9 Å². The molecule has 2 aliphatic carbocycles. The number of nitrogens with zero attached hydrogens (tertiary/aromatic N) is 5. The summed E-state index contributed by atoms with van der Waals surface area (Å²) >= 11 is 0. The minimum Gasteiger partial charge on any atom is -0.286 e. The zero-order chi connectivity index (χ0) is 20.7. The number of nitriles is 2. The Balaban J connectivity index is 2.51. The molecular formula is C16H5N5O7. The molecule has 12 nitrogen and oxygen atoms in total. The Morgan fingerprint density at radius 1 is 0.964 bits per heavy atom. The lowest BCUT2D eigenvalue weighted by molar-refractivity contribution is -0.431. The Labute approximate surface area is 154 Å². The second-order valence-corrected chi connectivity index (χ2v) is 5.64. The van der Waals surface area contributed by atoms with E-state index in [9.17, 15) is 45.7 Å². The van der Waals surface area contributed by atoms with Gasteiger partial charge in [-0.2, -0.15) is 10.5 Å². The van der Waals surface area contributed by atoms with Crippen molar-refractivity contribution in [2.45, 2.75) is 0 Å². The van der Waals surface area contributed by atoms with Crippen LogP contribution in [0.1, 0.15) is 11.1 Å². The van der Waals surface area contributed by atoms with E-state index in [1.54, 1.807) is 0 Å². The summed E-state index contributed by atoms with van der Waals surface area (Å²) in [6.45, 7) is 0. The van der Waals surface area contributed by atoms with Crippen LogP contribution in [0.25, 0.3) is 11.1 Å². The van der Waals surface area contributed by atoms with E-state index in [4.69, 9.17) is 0 Å². The second-order valence-electron chi connectivity index (χ2n) is 5.64. The van der Waals surface area contributed by atoms with Crippen LogP contribution in [0.2, 0.25) is 0 Å². The van der Waals surface area contributed by atoms with Crippen molar-refractivity contribution in [1.29, 1.82) is 10.5 Å². The van der Waals surface area contributed by atoms with Crippen molar-refractivity contribution < 1.29 is 19.6 Å². The summed E-state index contributed by atoms with van der Waals surface area (Å²) in [5.41, 5.74) is -3.54. The first-order valence-corrected chi connectivity index (χ1v) is 7.35. The molecule has 1 aromatic rings. The van der Waals surface area contributed by atoms with Gasteiger partial charge in [0.05, 0.1) is 32.3 Å². The van der Waals surface area contributed by atoms with Crippen LogP contribution in [0.5, 0.6) is 0 Å². The molecule has 0 bridgehead atoms. The minimum absolute atomic E-state index is 0.0206. The summed E-state index contributed by atoms with van der Waals surface area (Å²) in [5.74, 6) is -2.81. The highest BCUT2D eigenvalue weighted by molar-refractivity contribution is 6.18. The summed E-state index contributed by atoms with van der Waals surface area (Å²) in [4.78, 5) is 43.7. The average molecular weight is 379 g/mol. The smallest absolute Gasteiger partial charge is 0.286 e. The van der Waals surface area contributed by atoms with Crippen molar-refractivity contribution in [2.75, 3.05) is 0 Å². The van der Waals surface area contributed by atoms with Gasteiger partial charge in [0.15, 0.2) is 0 Å². The molecule has 28 heavy (non-hydrogen) atoms. The lowest BCUT2D eigenvalue weighted by atomic mass is 9.83. The summed E-state index contributed by atoms with van der Waals surface area (Å²) in [6, 6.07) is 6.24. The molecule has 0 aliphatic heterocycles. The monoisotopic (exact) mass is 379 g/mol. The summed E-state index contributed by atoms with van der Waals surface area (Å²) < 4.78 is 0. The van der Waals surface area contributed by atoms with Gasteiger partial charge in [-0.05, 0) is 17.2 Å². The molecule has 2 aliphatic rings. The molecule has 0 heterocycles. The fraction of sp³-hybridized carbons (Fsp3) is 0.0625. The van der Waals surface area contributed by atoms with Crippen molar-refractivity contribution in [3.8, 4) is 12.1 Å². The number of non-ortho nitro benzene ring substituents is 1. The van der Waals surface area contributed by atoms with E-state index in [2.05, 4.69) is 0 Å². The van der Waals surface area contributed by atoms with E-state index < -0.39 is 49.1 Å². The number of fused-ring (bicyclic) bond motifs is 3. The Morgan fingerprint density at radius 2 is 1.61 bits per heavy atom. The van der Waals surface area contributed by atoms with Gasteiger partial charge in [0.2, 0.25) is 5.78 Å². The van der Waals surface area contributed by atoms with Gasteiger partial charge in [-0.15, -0.1) is 0 Å². The molecule has 0 saturated heterocycles. The van der Waals surface area contributed by atoms with Gasteiger partial charge in [-0.3, -0.25) is 35.1 Å². The predicted octanol–water partition coefficient (Wildman–Crippen LogP) is 1.76. The van der Waals surface area contributed by atoms with Crippen LogP contribution >= 0.6 is 0 Å². The summed E-state index contributed by atoms with van der Waals surface area (Å²) in [5, 5.41) is 52.2. The Bertz CT molecular complexity index is 1180. The van der Waals surface area contributed by atoms with E-state index in [-0.39, 0.29) is 22.3 Å². The van der Waals surface area contributed by atoms with Crippen LogP contribution in [0.15, 0.2) is 41.2 Å². The van der Waals surface area contributed by atoms with Gasteiger partial charge in [-0.25, -0.2) is 0 Å². The molecule has 3 rings (SSSR count). The van der Waals surface area contributed by atoms with Gasteiger partial charge in [0.25, 0.3) is 11.4 Å². The third-order valence-electron chi connectivity index (χ3n) is 4.32. The maximum Gasteiger partial charge on any atom is 0.319 e. The minimum atomic E-state index is -1.66. The Morgan fingerprint density at radius 3 is 2.11 bits per heavy atom. The third kappa shape index (κ3) is 2.41. The van der Waals surface area contributed by atoms with Crippen LogP contribution < -0.4 is 0 Å². The first kappa shape index (κ1) is 18.1. The number of rotatable bonds is 3. The topological polar surface area (TPSA) is 194 Å². The Hall–Kier alpha value is -4.71. The molecule has 0 N–H and O–H groups in total. The molecule has 0 saturated carbocycles. The number of benzene rings is 1. The van der Waals surface area contributed by atoms with Crippen molar-refractivity contribution in [3.05, 3.63) is 82.7 Å². The average Bonchev–Trinajstić information content (AvgIpc) is 2.98. The summed E-state index contributed by atoms with van der Waals surface area (Å²) in [7, 11) is 0. The van der Waals surface area contributed by atoms with E-state index in [1.807, 2.05) is 0 Å².